The van der Waals surface area contributed by atoms with Crippen LogP contribution in [0.15, 0.2) is 24.3 Å². The van der Waals surface area contributed by atoms with Gasteiger partial charge in [0.15, 0.2) is 5.82 Å². The van der Waals surface area contributed by atoms with Crippen molar-refractivity contribution < 1.29 is 4.79 Å². The van der Waals surface area contributed by atoms with Crippen molar-refractivity contribution in [1.29, 1.82) is 0 Å². The fraction of sp³-hybridized carbons (Fsp3) is 0.400. The number of primary amides is 1. The van der Waals surface area contributed by atoms with Gasteiger partial charge >= 0.3 is 0 Å². The number of fused-ring (bicyclic) bond motifs is 1. The number of nitrogens with zero attached hydrogens (tertiary/aromatic N) is 3. The number of aromatic nitrogens is 3. The Bertz CT molecular complexity index is 642. The number of rotatable bonds is 5. The predicted molar refractivity (Wildman–Crippen MR) is 83.0 cm³/mol. The molecule has 5 nitrogen and oxygen atoms in total. The van der Waals surface area contributed by atoms with Gasteiger partial charge in [0, 0.05) is 0 Å². The lowest BCUT2D eigenvalue weighted by Crippen LogP contribution is -2.16. The fourth-order valence-electron chi connectivity index (χ4n) is 2.86. The van der Waals surface area contributed by atoms with E-state index in [-0.39, 0.29) is 6.42 Å². The topological polar surface area (TPSA) is 73.8 Å². The van der Waals surface area contributed by atoms with Crippen LogP contribution in [0.5, 0.6) is 0 Å². The molecule has 2 N–H and O–H groups in total. The van der Waals surface area contributed by atoms with Crippen molar-refractivity contribution in [3.63, 3.8) is 0 Å². The maximum atomic E-state index is 11.1. The van der Waals surface area contributed by atoms with Crippen LogP contribution in [-0.4, -0.2) is 26.9 Å². The maximum Gasteiger partial charge on any atom is 0.225 e. The number of carbonyl (C=O) groups is 1. The normalized spacial score (nSPS) is 14.3. The first-order chi connectivity index (χ1) is 10.2. The molecule has 3 rings (SSSR count). The molecule has 0 aliphatic heterocycles. The predicted octanol–water partition coefficient (Wildman–Crippen LogP) is 1.51. The van der Waals surface area contributed by atoms with E-state index in [0.717, 1.165) is 24.4 Å². The molecule has 0 unspecified atom stereocenters. The van der Waals surface area contributed by atoms with Crippen molar-refractivity contribution in [2.75, 3.05) is 6.26 Å². The van der Waals surface area contributed by atoms with Crippen LogP contribution in [0.2, 0.25) is 0 Å². The van der Waals surface area contributed by atoms with E-state index in [0.29, 0.717) is 11.9 Å². The number of thioether (sulfide) groups is 1. The summed E-state index contributed by atoms with van der Waals surface area (Å²) in [4.78, 5) is 15.6. The summed E-state index contributed by atoms with van der Waals surface area (Å²) >= 11 is 1.70. The Morgan fingerprint density at radius 3 is 2.62 bits per heavy atom. The zero-order valence-electron chi connectivity index (χ0n) is 12.0. The van der Waals surface area contributed by atoms with Crippen LogP contribution in [0.3, 0.4) is 0 Å². The molecule has 0 saturated carbocycles. The summed E-state index contributed by atoms with van der Waals surface area (Å²) in [5.74, 6) is 1.86. The molecule has 2 aromatic rings. The quantitative estimate of drug-likeness (QED) is 0.908. The summed E-state index contributed by atoms with van der Waals surface area (Å²) < 4.78 is 1.99. The van der Waals surface area contributed by atoms with Gasteiger partial charge in [-0.2, -0.15) is 16.9 Å². The molecule has 0 atom stereocenters. The summed E-state index contributed by atoms with van der Waals surface area (Å²) in [7, 11) is 0. The van der Waals surface area contributed by atoms with Gasteiger partial charge in [-0.05, 0) is 30.2 Å². The highest BCUT2D eigenvalue weighted by molar-refractivity contribution is 7.97. The largest absolute Gasteiger partial charge is 0.369 e. The Morgan fingerprint density at radius 2 is 2.05 bits per heavy atom. The molecule has 0 fully saturated rings. The summed E-state index contributed by atoms with van der Waals surface area (Å²) in [6, 6.07) is 8.78. The third-order valence-electron chi connectivity index (χ3n) is 3.73. The third kappa shape index (κ3) is 2.95. The molecule has 1 aromatic carbocycles. The van der Waals surface area contributed by atoms with Crippen LogP contribution in [0.4, 0.5) is 0 Å². The molecule has 1 heterocycles. The first-order valence-electron chi connectivity index (χ1n) is 6.95. The lowest BCUT2D eigenvalue weighted by molar-refractivity contribution is -0.117. The molecular weight excluding hydrogens is 284 g/mol. The summed E-state index contributed by atoms with van der Waals surface area (Å²) in [6.07, 6.45) is 4.08. The molecule has 6 heteroatoms. The van der Waals surface area contributed by atoms with Gasteiger partial charge in [-0.1, -0.05) is 24.3 Å². The van der Waals surface area contributed by atoms with Crippen molar-refractivity contribution in [3.8, 4) is 0 Å². The van der Waals surface area contributed by atoms with Gasteiger partial charge in [0.1, 0.15) is 5.82 Å². The van der Waals surface area contributed by atoms with Gasteiger partial charge in [-0.3, -0.25) is 4.79 Å². The fourth-order valence-corrected chi connectivity index (χ4v) is 3.32. The average Bonchev–Trinajstić information content (AvgIpc) is 3.02. The van der Waals surface area contributed by atoms with E-state index in [1.54, 1.807) is 11.8 Å². The minimum Gasteiger partial charge on any atom is -0.369 e. The molecular formula is C15H18N4OS. The number of nitrogens with two attached hydrogens (primary N) is 1. The molecule has 0 bridgehead atoms. The monoisotopic (exact) mass is 302 g/mol. The molecule has 1 aromatic heterocycles. The van der Waals surface area contributed by atoms with E-state index in [1.165, 1.54) is 11.1 Å². The van der Waals surface area contributed by atoms with Gasteiger partial charge in [0.25, 0.3) is 0 Å². The second-order valence-corrected chi connectivity index (χ2v) is 6.16. The van der Waals surface area contributed by atoms with E-state index in [9.17, 15) is 4.79 Å². The van der Waals surface area contributed by atoms with Crippen LogP contribution in [-0.2, 0) is 29.8 Å². The Hall–Kier alpha value is -1.82. The highest BCUT2D eigenvalue weighted by Gasteiger charge is 2.26. The van der Waals surface area contributed by atoms with Gasteiger partial charge in [0.05, 0.1) is 18.2 Å². The molecule has 0 radical (unpaired) electrons. The molecule has 21 heavy (non-hydrogen) atoms. The maximum absolute atomic E-state index is 11.1. The first kappa shape index (κ1) is 14.1. The van der Waals surface area contributed by atoms with E-state index in [4.69, 9.17) is 5.73 Å². The van der Waals surface area contributed by atoms with Crippen molar-refractivity contribution in [3.05, 3.63) is 47.0 Å². The molecule has 1 aliphatic rings. The zero-order chi connectivity index (χ0) is 14.8. The first-order valence-corrected chi connectivity index (χ1v) is 8.35. The van der Waals surface area contributed by atoms with Crippen molar-refractivity contribution >= 4 is 17.7 Å². The van der Waals surface area contributed by atoms with Gasteiger partial charge < -0.3 is 5.73 Å². The van der Waals surface area contributed by atoms with Gasteiger partial charge in [0.2, 0.25) is 5.91 Å². The standard InChI is InChI=1S/C15H18N4OS/c1-21-9-15-17-14(8-13(16)20)18-19(15)12-6-10-4-2-3-5-11(10)7-12/h2-5,12H,6-9H2,1H3,(H2,16,20). The minimum absolute atomic E-state index is 0.105. The van der Waals surface area contributed by atoms with Crippen molar-refractivity contribution in [1.82, 2.24) is 14.8 Å². The lowest BCUT2D eigenvalue weighted by Gasteiger charge is -2.12. The van der Waals surface area contributed by atoms with Crippen LogP contribution in [0, 0.1) is 0 Å². The summed E-state index contributed by atoms with van der Waals surface area (Å²) in [6.45, 7) is 0. The SMILES string of the molecule is CSCc1nc(CC(N)=O)nn1C1Cc2ccccc2C1. The molecule has 1 aliphatic carbocycles. The summed E-state index contributed by atoms with van der Waals surface area (Å²) in [5.41, 5.74) is 8.01. The second-order valence-electron chi connectivity index (χ2n) is 5.30. The van der Waals surface area contributed by atoms with E-state index in [2.05, 4.69) is 34.3 Å². The number of hydrogen-bond acceptors (Lipinski definition) is 4. The molecule has 0 spiro atoms. The van der Waals surface area contributed by atoms with Gasteiger partial charge in [-0.25, -0.2) is 9.67 Å². The van der Waals surface area contributed by atoms with Crippen molar-refractivity contribution in [2.24, 2.45) is 5.73 Å². The average molecular weight is 302 g/mol. The number of hydrogen-bond donors (Lipinski definition) is 1. The summed E-state index contributed by atoms with van der Waals surface area (Å²) in [5, 5.41) is 4.53. The van der Waals surface area contributed by atoms with Crippen LogP contribution in [0.25, 0.3) is 0 Å². The lowest BCUT2D eigenvalue weighted by atomic mass is 10.1. The van der Waals surface area contributed by atoms with Crippen LogP contribution < -0.4 is 5.73 Å². The highest BCUT2D eigenvalue weighted by Crippen LogP contribution is 2.30. The number of benzene rings is 1. The second kappa shape index (κ2) is 5.89. The van der Waals surface area contributed by atoms with Crippen LogP contribution >= 0.6 is 11.8 Å². The Morgan fingerprint density at radius 1 is 1.38 bits per heavy atom. The van der Waals surface area contributed by atoms with Crippen molar-refractivity contribution in [2.45, 2.75) is 31.1 Å². The third-order valence-corrected chi connectivity index (χ3v) is 4.27. The van der Waals surface area contributed by atoms with Crippen LogP contribution in [0.1, 0.15) is 28.8 Å². The Kier molecular flexibility index (Phi) is 3.96. The number of carbonyl (C=O) groups excluding carboxylic acids is 1. The van der Waals surface area contributed by atoms with E-state index in [1.807, 2.05) is 10.9 Å². The molecule has 110 valence electrons. The molecule has 1 amide bonds. The number of amides is 1. The smallest absolute Gasteiger partial charge is 0.225 e. The minimum atomic E-state index is -0.391. The highest BCUT2D eigenvalue weighted by atomic mass is 32.2. The van der Waals surface area contributed by atoms with E-state index >= 15 is 0 Å². The zero-order valence-corrected chi connectivity index (χ0v) is 12.8. The Balaban J connectivity index is 1.88. The Labute approximate surface area is 127 Å². The van der Waals surface area contributed by atoms with E-state index < -0.39 is 5.91 Å². The molecule has 0 saturated heterocycles. The van der Waals surface area contributed by atoms with Gasteiger partial charge in [-0.15, -0.1) is 0 Å².